The molecule has 3 rings (SSSR count). The first-order valence-corrected chi connectivity index (χ1v) is 7.10. The van der Waals surface area contributed by atoms with Crippen LogP contribution in [0.15, 0.2) is 54.7 Å². The number of aromatic nitrogens is 1. The molecular weight excluding hydrogens is 333 g/mol. The fourth-order valence-electron chi connectivity index (χ4n) is 2.24. The maximum Gasteiger partial charge on any atom is 0.0483 e. The predicted octanol–water partition coefficient (Wildman–Crippen LogP) is 4.60. The number of hydrogen-bond acceptors (Lipinski definition) is 0. The van der Waals surface area contributed by atoms with Gasteiger partial charge >= 0.3 is 0 Å². The number of aryl methyl sites for hydroxylation is 1. The molecule has 18 heavy (non-hydrogen) atoms. The first kappa shape index (κ1) is 11.8. The number of benzene rings is 2. The van der Waals surface area contributed by atoms with Gasteiger partial charge in [-0.1, -0.05) is 23.8 Å². The SMILES string of the molecule is Cc1ccc2c(ccn2Cc2ccc(I)cc2)c1. The molecule has 0 saturated carbocycles. The van der Waals surface area contributed by atoms with Crippen molar-refractivity contribution in [3.8, 4) is 0 Å². The Balaban J connectivity index is 1.97. The Hall–Kier alpha value is -1.29. The molecular formula is C16H14IN. The van der Waals surface area contributed by atoms with E-state index < -0.39 is 0 Å². The van der Waals surface area contributed by atoms with Gasteiger partial charge in [-0.25, -0.2) is 0 Å². The topological polar surface area (TPSA) is 4.93 Å². The van der Waals surface area contributed by atoms with Crippen molar-refractivity contribution >= 4 is 33.5 Å². The quantitative estimate of drug-likeness (QED) is 0.597. The Morgan fingerprint density at radius 1 is 1.00 bits per heavy atom. The lowest BCUT2D eigenvalue weighted by molar-refractivity contribution is 0.836. The monoisotopic (exact) mass is 347 g/mol. The summed E-state index contributed by atoms with van der Waals surface area (Å²) in [5, 5.41) is 1.32. The summed E-state index contributed by atoms with van der Waals surface area (Å²) in [4.78, 5) is 0. The zero-order valence-corrected chi connectivity index (χ0v) is 12.4. The van der Waals surface area contributed by atoms with Gasteiger partial charge in [0.15, 0.2) is 0 Å². The molecule has 0 radical (unpaired) electrons. The van der Waals surface area contributed by atoms with E-state index in [9.17, 15) is 0 Å². The van der Waals surface area contributed by atoms with Crippen LogP contribution in [0.4, 0.5) is 0 Å². The van der Waals surface area contributed by atoms with Crippen LogP contribution in [0.3, 0.4) is 0 Å². The van der Waals surface area contributed by atoms with Crippen molar-refractivity contribution in [3.05, 3.63) is 69.4 Å². The molecule has 0 aliphatic heterocycles. The lowest BCUT2D eigenvalue weighted by Gasteiger charge is -2.06. The second-order valence-electron chi connectivity index (χ2n) is 4.63. The van der Waals surface area contributed by atoms with Gasteiger partial charge in [0.05, 0.1) is 0 Å². The van der Waals surface area contributed by atoms with E-state index >= 15 is 0 Å². The summed E-state index contributed by atoms with van der Waals surface area (Å²) in [6.45, 7) is 3.07. The van der Waals surface area contributed by atoms with Gasteiger partial charge in [0.2, 0.25) is 0 Å². The minimum atomic E-state index is 0.934. The molecule has 0 aliphatic rings. The number of nitrogens with zero attached hydrogens (tertiary/aromatic N) is 1. The first-order chi connectivity index (χ1) is 8.72. The van der Waals surface area contributed by atoms with Crippen LogP contribution < -0.4 is 0 Å². The van der Waals surface area contributed by atoms with Crippen LogP contribution in [0.2, 0.25) is 0 Å². The molecule has 0 N–H and O–H groups in total. The van der Waals surface area contributed by atoms with E-state index in [4.69, 9.17) is 0 Å². The zero-order valence-electron chi connectivity index (χ0n) is 10.2. The molecule has 0 saturated heterocycles. The van der Waals surface area contributed by atoms with E-state index in [-0.39, 0.29) is 0 Å². The molecule has 1 nitrogen and oxygen atoms in total. The van der Waals surface area contributed by atoms with Crippen molar-refractivity contribution in [2.45, 2.75) is 13.5 Å². The second-order valence-corrected chi connectivity index (χ2v) is 5.88. The number of halogens is 1. The molecule has 0 spiro atoms. The van der Waals surface area contributed by atoms with Crippen LogP contribution in [0, 0.1) is 10.5 Å². The molecule has 2 heteroatoms. The molecule has 2 aromatic carbocycles. The third-order valence-electron chi connectivity index (χ3n) is 3.19. The summed E-state index contributed by atoms with van der Waals surface area (Å²) in [6, 6.07) is 17.5. The van der Waals surface area contributed by atoms with Gasteiger partial charge in [0.1, 0.15) is 0 Å². The Labute approximate surface area is 121 Å². The standard InChI is InChI=1S/C16H14IN/c1-12-2-7-16-14(10-12)8-9-18(16)11-13-3-5-15(17)6-4-13/h2-10H,11H2,1H3. The maximum atomic E-state index is 2.34. The van der Waals surface area contributed by atoms with Crippen LogP contribution in [0.5, 0.6) is 0 Å². The smallest absolute Gasteiger partial charge is 0.0483 e. The van der Waals surface area contributed by atoms with Crippen molar-refractivity contribution in [3.63, 3.8) is 0 Å². The van der Waals surface area contributed by atoms with Gasteiger partial charge in [0, 0.05) is 21.8 Å². The highest BCUT2D eigenvalue weighted by Gasteiger charge is 2.01. The summed E-state index contributed by atoms with van der Waals surface area (Å²) in [6.07, 6.45) is 2.17. The van der Waals surface area contributed by atoms with Crippen LogP contribution in [0.25, 0.3) is 10.9 Å². The average molecular weight is 347 g/mol. The number of hydrogen-bond donors (Lipinski definition) is 0. The van der Waals surface area contributed by atoms with E-state index in [1.54, 1.807) is 0 Å². The van der Waals surface area contributed by atoms with E-state index in [0.717, 1.165) is 6.54 Å². The molecule has 1 heterocycles. The fourth-order valence-corrected chi connectivity index (χ4v) is 2.60. The van der Waals surface area contributed by atoms with Crippen molar-refractivity contribution < 1.29 is 0 Å². The van der Waals surface area contributed by atoms with Crippen LogP contribution in [-0.4, -0.2) is 4.57 Å². The second kappa shape index (κ2) is 4.76. The number of fused-ring (bicyclic) bond motifs is 1. The first-order valence-electron chi connectivity index (χ1n) is 6.02. The molecule has 1 aromatic heterocycles. The van der Waals surface area contributed by atoms with E-state index in [1.165, 1.54) is 25.6 Å². The van der Waals surface area contributed by atoms with Gasteiger partial charge in [-0.3, -0.25) is 0 Å². The van der Waals surface area contributed by atoms with Crippen molar-refractivity contribution in [1.82, 2.24) is 4.57 Å². The lowest BCUT2D eigenvalue weighted by Crippen LogP contribution is -1.97. The van der Waals surface area contributed by atoms with Gasteiger partial charge in [-0.2, -0.15) is 0 Å². The Morgan fingerprint density at radius 3 is 2.56 bits per heavy atom. The summed E-state index contributed by atoms with van der Waals surface area (Å²) < 4.78 is 3.58. The minimum Gasteiger partial charge on any atom is -0.343 e. The third-order valence-corrected chi connectivity index (χ3v) is 3.91. The Morgan fingerprint density at radius 2 is 1.78 bits per heavy atom. The van der Waals surface area contributed by atoms with Crippen molar-refractivity contribution in [2.75, 3.05) is 0 Å². The van der Waals surface area contributed by atoms with Gasteiger partial charge in [-0.15, -0.1) is 0 Å². The van der Waals surface area contributed by atoms with Gasteiger partial charge in [-0.05, 0) is 70.8 Å². The highest BCUT2D eigenvalue weighted by molar-refractivity contribution is 14.1. The van der Waals surface area contributed by atoms with Crippen molar-refractivity contribution in [1.29, 1.82) is 0 Å². The Bertz CT molecular complexity index is 680. The molecule has 0 amide bonds. The lowest BCUT2D eigenvalue weighted by atomic mass is 10.2. The maximum absolute atomic E-state index is 2.34. The molecule has 0 atom stereocenters. The van der Waals surface area contributed by atoms with Crippen molar-refractivity contribution in [2.24, 2.45) is 0 Å². The third kappa shape index (κ3) is 2.29. The van der Waals surface area contributed by atoms with Crippen LogP contribution in [-0.2, 0) is 6.54 Å². The largest absolute Gasteiger partial charge is 0.343 e. The Kier molecular flexibility index (Phi) is 3.12. The van der Waals surface area contributed by atoms with E-state index in [2.05, 4.69) is 88.8 Å². The highest BCUT2D eigenvalue weighted by Crippen LogP contribution is 2.19. The van der Waals surface area contributed by atoms with Gasteiger partial charge < -0.3 is 4.57 Å². The van der Waals surface area contributed by atoms with Crippen LogP contribution in [0.1, 0.15) is 11.1 Å². The molecule has 90 valence electrons. The summed E-state index contributed by atoms with van der Waals surface area (Å²) >= 11 is 2.34. The predicted molar refractivity (Wildman–Crippen MR) is 84.9 cm³/mol. The van der Waals surface area contributed by atoms with E-state index in [1.807, 2.05) is 0 Å². The summed E-state index contributed by atoms with van der Waals surface area (Å²) in [5.41, 5.74) is 3.96. The molecule has 0 bridgehead atoms. The highest BCUT2D eigenvalue weighted by atomic mass is 127. The van der Waals surface area contributed by atoms with E-state index in [0.29, 0.717) is 0 Å². The molecule has 0 fully saturated rings. The molecule has 0 aliphatic carbocycles. The molecule has 3 aromatic rings. The summed E-state index contributed by atoms with van der Waals surface area (Å²) in [7, 11) is 0. The average Bonchev–Trinajstić information content (AvgIpc) is 2.74. The zero-order chi connectivity index (χ0) is 12.5. The fraction of sp³-hybridized carbons (Fsp3) is 0.125. The summed E-state index contributed by atoms with van der Waals surface area (Å²) in [5.74, 6) is 0. The molecule has 0 unspecified atom stereocenters. The van der Waals surface area contributed by atoms with Gasteiger partial charge in [0.25, 0.3) is 0 Å². The normalized spacial score (nSPS) is 11.0. The van der Waals surface area contributed by atoms with Crippen LogP contribution >= 0.6 is 22.6 Å². The minimum absolute atomic E-state index is 0.934. The number of rotatable bonds is 2.